The number of nitriles is 1. The van der Waals surface area contributed by atoms with E-state index in [1.807, 2.05) is 36.4 Å². The summed E-state index contributed by atoms with van der Waals surface area (Å²) in [6.07, 6.45) is 1.70. The fraction of sp³-hybridized carbons (Fsp3) is 0.167. The normalized spacial score (nSPS) is 10.0. The molecule has 0 amide bonds. The van der Waals surface area contributed by atoms with E-state index in [-0.39, 0.29) is 13.2 Å². The average Bonchev–Trinajstić information content (AvgIpc) is 2.74. The van der Waals surface area contributed by atoms with Crippen LogP contribution in [0.5, 0.6) is 0 Å². The standard InChI is InChI=1S/C12H11N3O/c13-6-7-15-8-11(9-16)12(14-15)10-4-2-1-3-5-10/h1-5,8,16H,7,9H2. The van der Waals surface area contributed by atoms with Crippen LogP contribution in [0.15, 0.2) is 36.5 Å². The van der Waals surface area contributed by atoms with Crippen molar-refractivity contribution in [3.8, 4) is 17.3 Å². The van der Waals surface area contributed by atoms with E-state index in [1.54, 1.807) is 6.20 Å². The van der Waals surface area contributed by atoms with Crippen LogP contribution >= 0.6 is 0 Å². The lowest BCUT2D eigenvalue weighted by molar-refractivity contribution is 0.282. The molecule has 0 bridgehead atoms. The van der Waals surface area contributed by atoms with E-state index in [9.17, 15) is 5.11 Å². The lowest BCUT2D eigenvalue weighted by Gasteiger charge is -1.98. The molecule has 4 heteroatoms. The van der Waals surface area contributed by atoms with Crippen molar-refractivity contribution >= 4 is 0 Å². The van der Waals surface area contributed by atoms with Gasteiger partial charge in [-0.05, 0) is 0 Å². The maximum atomic E-state index is 9.23. The minimum absolute atomic E-state index is 0.0738. The van der Waals surface area contributed by atoms with Crippen LogP contribution in [0.3, 0.4) is 0 Å². The molecular weight excluding hydrogens is 202 g/mol. The van der Waals surface area contributed by atoms with Crippen molar-refractivity contribution in [1.29, 1.82) is 5.26 Å². The molecule has 2 rings (SSSR count). The zero-order valence-corrected chi connectivity index (χ0v) is 8.67. The second-order valence-corrected chi connectivity index (χ2v) is 3.38. The first-order valence-electron chi connectivity index (χ1n) is 4.94. The molecule has 1 aromatic carbocycles. The van der Waals surface area contributed by atoms with Crippen molar-refractivity contribution in [2.45, 2.75) is 13.2 Å². The Morgan fingerprint density at radius 3 is 2.69 bits per heavy atom. The van der Waals surface area contributed by atoms with Crippen LogP contribution < -0.4 is 0 Å². The second-order valence-electron chi connectivity index (χ2n) is 3.38. The van der Waals surface area contributed by atoms with Gasteiger partial charge < -0.3 is 5.11 Å². The highest BCUT2D eigenvalue weighted by Crippen LogP contribution is 2.21. The summed E-state index contributed by atoms with van der Waals surface area (Å²) in [5, 5.41) is 22.1. The molecule has 2 aromatic rings. The van der Waals surface area contributed by atoms with Crippen molar-refractivity contribution in [1.82, 2.24) is 9.78 Å². The minimum Gasteiger partial charge on any atom is -0.392 e. The third-order valence-corrected chi connectivity index (χ3v) is 2.29. The van der Waals surface area contributed by atoms with Gasteiger partial charge in [-0.1, -0.05) is 30.3 Å². The van der Waals surface area contributed by atoms with Crippen LogP contribution in [-0.2, 0) is 13.2 Å². The van der Waals surface area contributed by atoms with E-state index < -0.39 is 0 Å². The Labute approximate surface area is 93.4 Å². The Bertz CT molecular complexity index is 511. The Kier molecular flexibility index (Phi) is 2.99. The highest BCUT2D eigenvalue weighted by Gasteiger charge is 2.09. The van der Waals surface area contributed by atoms with Crippen molar-refractivity contribution < 1.29 is 5.11 Å². The maximum Gasteiger partial charge on any atom is 0.128 e. The first-order chi connectivity index (χ1) is 7.85. The number of hydrogen-bond donors (Lipinski definition) is 1. The van der Waals surface area contributed by atoms with Crippen molar-refractivity contribution in [3.63, 3.8) is 0 Å². The molecule has 0 saturated heterocycles. The van der Waals surface area contributed by atoms with Crippen LogP contribution in [-0.4, -0.2) is 14.9 Å². The first-order valence-corrected chi connectivity index (χ1v) is 4.94. The molecule has 0 atom stereocenters. The third-order valence-electron chi connectivity index (χ3n) is 2.29. The second kappa shape index (κ2) is 4.60. The molecule has 16 heavy (non-hydrogen) atoms. The van der Waals surface area contributed by atoms with E-state index in [0.717, 1.165) is 16.8 Å². The van der Waals surface area contributed by atoms with E-state index in [4.69, 9.17) is 5.26 Å². The number of rotatable bonds is 3. The van der Waals surface area contributed by atoms with Crippen LogP contribution in [0.1, 0.15) is 5.56 Å². The van der Waals surface area contributed by atoms with Gasteiger partial charge in [0.15, 0.2) is 0 Å². The van der Waals surface area contributed by atoms with Gasteiger partial charge in [-0.25, -0.2) is 0 Å². The van der Waals surface area contributed by atoms with E-state index in [1.165, 1.54) is 4.68 Å². The molecule has 0 aliphatic rings. The summed E-state index contributed by atoms with van der Waals surface area (Å²) in [5.74, 6) is 0. The lowest BCUT2D eigenvalue weighted by Crippen LogP contribution is -1.95. The Morgan fingerprint density at radius 2 is 2.06 bits per heavy atom. The highest BCUT2D eigenvalue weighted by molar-refractivity contribution is 5.62. The smallest absolute Gasteiger partial charge is 0.128 e. The summed E-state index contributed by atoms with van der Waals surface area (Å²) < 4.78 is 1.54. The quantitative estimate of drug-likeness (QED) is 0.841. The zero-order chi connectivity index (χ0) is 11.4. The molecule has 4 nitrogen and oxygen atoms in total. The van der Waals surface area contributed by atoms with Gasteiger partial charge in [-0.2, -0.15) is 10.4 Å². The van der Waals surface area contributed by atoms with E-state index >= 15 is 0 Å². The van der Waals surface area contributed by atoms with Gasteiger partial charge in [-0.3, -0.25) is 4.68 Å². The monoisotopic (exact) mass is 213 g/mol. The summed E-state index contributed by atoms with van der Waals surface area (Å²) in [6, 6.07) is 11.6. The van der Waals surface area contributed by atoms with Crippen LogP contribution in [0.4, 0.5) is 0 Å². The highest BCUT2D eigenvalue weighted by atomic mass is 16.3. The molecule has 0 radical (unpaired) electrons. The summed E-state index contributed by atoms with van der Waals surface area (Å²) >= 11 is 0. The third kappa shape index (κ3) is 1.95. The van der Waals surface area contributed by atoms with Gasteiger partial charge in [0.05, 0.1) is 18.4 Å². The van der Waals surface area contributed by atoms with Crippen LogP contribution in [0.25, 0.3) is 11.3 Å². The number of nitrogens with zero attached hydrogens (tertiary/aromatic N) is 3. The summed E-state index contributed by atoms with van der Waals surface area (Å²) in [4.78, 5) is 0. The molecule has 1 heterocycles. The van der Waals surface area contributed by atoms with Crippen molar-refractivity contribution in [2.24, 2.45) is 0 Å². The first kappa shape index (κ1) is 10.4. The molecule has 0 fully saturated rings. The maximum absolute atomic E-state index is 9.23. The van der Waals surface area contributed by atoms with E-state index in [2.05, 4.69) is 5.10 Å². The van der Waals surface area contributed by atoms with E-state index in [0.29, 0.717) is 0 Å². The molecular formula is C12H11N3O. The molecule has 0 unspecified atom stereocenters. The SMILES string of the molecule is N#CCn1cc(CO)c(-c2ccccc2)n1. The summed E-state index contributed by atoms with van der Waals surface area (Å²) in [5.41, 5.74) is 2.42. The number of benzene rings is 1. The topological polar surface area (TPSA) is 61.8 Å². The van der Waals surface area contributed by atoms with Gasteiger partial charge in [0, 0.05) is 17.3 Å². The summed E-state index contributed by atoms with van der Waals surface area (Å²) in [6.45, 7) is 0.121. The predicted octanol–water partition coefficient (Wildman–Crippen LogP) is 1.57. The van der Waals surface area contributed by atoms with Crippen LogP contribution in [0, 0.1) is 11.3 Å². The molecule has 80 valence electrons. The Balaban J connectivity index is 2.44. The average molecular weight is 213 g/mol. The fourth-order valence-electron chi connectivity index (χ4n) is 1.57. The van der Waals surface area contributed by atoms with Gasteiger partial charge in [0.2, 0.25) is 0 Å². The summed E-state index contributed by atoms with van der Waals surface area (Å²) in [7, 11) is 0. The molecule has 1 N–H and O–H groups in total. The van der Waals surface area contributed by atoms with Crippen LogP contribution in [0.2, 0.25) is 0 Å². The number of aromatic nitrogens is 2. The number of hydrogen-bond acceptors (Lipinski definition) is 3. The minimum atomic E-state index is -0.0738. The number of aliphatic hydroxyl groups excluding tert-OH is 1. The van der Waals surface area contributed by atoms with Gasteiger partial charge in [0.1, 0.15) is 6.54 Å². The van der Waals surface area contributed by atoms with Gasteiger partial charge >= 0.3 is 0 Å². The molecule has 0 saturated carbocycles. The van der Waals surface area contributed by atoms with Gasteiger partial charge in [0.25, 0.3) is 0 Å². The molecule has 0 spiro atoms. The largest absolute Gasteiger partial charge is 0.392 e. The van der Waals surface area contributed by atoms with Gasteiger partial charge in [-0.15, -0.1) is 0 Å². The Hall–Kier alpha value is -2.12. The number of aliphatic hydroxyl groups is 1. The van der Waals surface area contributed by atoms with Crippen molar-refractivity contribution in [2.75, 3.05) is 0 Å². The molecule has 0 aliphatic heterocycles. The molecule has 1 aromatic heterocycles. The zero-order valence-electron chi connectivity index (χ0n) is 8.67. The molecule has 0 aliphatic carbocycles. The lowest BCUT2D eigenvalue weighted by atomic mass is 10.1. The fourth-order valence-corrected chi connectivity index (χ4v) is 1.57. The Morgan fingerprint density at radius 1 is 1.31 bits per heavy atom. The van der Waals surface area contributed by atoms with Crippen molar-refractivity contribution in [3.05, 3.63) is 42.1 Å². The predicted molar refractivity (Wildman–Crippen MR) is 59.2 cm³/mol.